The molecule has 1 aromatic carbocycles. The van der Waals surface area contributed by atoms with Crippen LogP contribution in [0.5, 0.6) is 0 Å². The van der Waals surface area contributed by atoms with E-state index in [0.29, 0.717) is 22.6 Å². The first-order valence-corrected chi connectivity index (χ1v) is 10.9. The third-order valence-electron chi connectivity index (χ3n) is 6.16. The van der Waals surface area contributed by atoms with Gasteiger partial charge in [-0.05, 0) is 69.6 Å². The van der Waals surface area contributed by atoms with Gasteiger partial charge in [-0.15, -0.1) is 0 Å². The molecule has 1 aliphatic heterocycles. The lowest BCUT2D eigenvalue weighted by atomic mass is 9.93. The number of halogens is 3. The highest BCUT2D eigenvalue weighted by atomic mass is 19.4. The van der Waals surface area contributed by atoms with Crippen LogP contribution >= 0.6 is 0 Å². The summed E-state index contributed by atoms with van der Waals surface area (Å²) in [7, 11) is 1.75. The van der Waals surface area contributed by atoms with Crippen LogP contribution in [0.3, 0.4) is 0 Å². The summed E-state index contributed by atoms with van der Waals surface area (Å²) in [6.45, 7) is 5.16. The summed E-state index contributed by atoms with van der Waals surface area (Å²) < 4.78 is 41.4. The van der Waals surface area contributed by atoms with Crippen molar-refractivity contribution in [1.82, 2.24) is 19.9 Å². The monoisotopic (exact) mass is 460 g/mol. The van der Waals surface area contributed by atoms with E-state index in [1.807, 2.05) is 6.07 Å². The molecule has 7 nitrogen and oxygen atoms in total. The average molecular weight is 461 g/mol. The van der Waals surface area contributed by atoms with E-state index < -0.39 is 17.8 Å². The fourth-order valence-corrected chi connectivity index (χ4v) is 4.40. The highest BCUT2D eigenvalue weighted by Crippen LogP contribution is 2.34. The zero-order valence-electron chi connectivity index (χ0n) is 18.8. The molecule has 0 amide bonds. The first-order chi connectivity index (χ1) is 15.5. The summed E-state index contributed by atoms with van der Waals surface area (Å²) in [5.41, 5.74) is 6.29. The van der Waals surface area contributed by atoms with Gasteiger partial charge in [-0.1, -0.05) is 0 Å². The Kier molecular flexibility index (Phi) is 6.04. The van der Waals surface area contributed by atoms with Gasteiger partial charge in [0.15, 0.2) is 0 Å². The van der Waals surface area contributed by atoms with Crippen LogP contribution in [0.15, 0.2) is 29.1 Å². The standard InChI is InChI=1S/C23H27F3N6O/c1-12(15-8-16(23(24,25)26)10-17(27)9-15)29-21-18-11-19(14-4-6-28-7-5-14)32(3)22(33)20(18)30-13(2)31-21/h8-12,14,28H,4-7,27H2,1-3H3,(H,29,30,31)/t12-/m1/s1. The van der Waals surface area contributed by atoms with E-state index in [-0.39, 0.29) is 22.7 Å². The second-order valence-corrected chi connectivity index (χ2v) is 8.59. The van der Waals surface area contributed by atoms with Gasteiger partial charge >= 0.3 is 6.18 Å². The number of hydrogen-bond donors (Lipinski definition) is 3. The topological polar surface area (TPSA) is 97.9 Å². The zero-order chi connectivity index (χ0) is 23.9. The third-order valence-corrected chi connectivity index (χ3v) is 6.16. The van der Waals surface area contributed by atoms with Crippen LogP contribution in [0.2, 0.25) is 0 Å². The van der Waals surface area contributed by atoms with Gasteiger partial charge in [-0.25, -0.2) is 9.97 Å². The van der Waals surface area contributed by atoms with Crippen molar-refractivity contribution in [1.29, 1.82) is 0 Å². The lowest BCUT2D eigenvalue weighted by Crippen LogP contribution is -2.31. The summed E-state index contributed by atoms with van der Waals surface area (Å²) in [5, 5.41) is 7.07. The number of fused-ring (bicyclic) bond motifs is 1. The molecular weight excluding hydrogens is 433 g/mol. The minimum Gasteiger partial charge on any atom is -0.399 e. The first-order valence-electron chi connectivity index (χ1n) is 10.9. The van der Waals surface area contributed by atoms with Crippen LogP contribution in [-0.4, -0.2) is 27.6 Å². The highest BCUT2D eigenvalue weighted by Gasteiger charge is 2.31. The van der Waals surface area contributed by atoms with Crippen LogP contribution in [0, 0.1) is 6.92 Å². The molecule has 1 fully saturated rings. The third kappa shape index (κ3) is 4.66. The van der Waals surface area contributed by atoms with Crippen LogP contribution in [0.25, 0.3) is 10.9 Å². The number of pyridine rings is 1. The molecule has 4 rings (SSSR count). The van der Waals surface area contributed by atoms with E-state index in [2.05, 4.69) is 20.6 Å². The molecule has 10 heteroatoms. The fraction of sp³-hybridized carbons (Fsp3) is 0.435. The quantitative estimate of drug-likeness (QED) is 0.512. The van der Waals surface area contributed by atoms with Gasteiger partial charge in [0.1, 0.15) is 17.2 Å². The van der Waals surface area contributed by atoms with Crippen molar-refractivity contribution < 1.29 is 13.2 Å². The van der Waals surface area contributed by atoms with Gasteiger partial charge in [0, 0.05) is 24.3 Å². The van der Waals surface area contributed by atoms with E-state index in [9.17, 15) is 18.0 Å². The summed E-state index contributed by atoms with van der Waals surface area (Å²) in [4.78, 5) is 22.0. The predicted molar refractivity (Wildman–Crippen MR) is 122 cm³/mol. The van der Waals surface area contributed by atoms with Crippen molar-refractivity contribution >= 4 is 22.4 Å². The number of rotatable bonds is 4. The number of benzene rings is 1. The molecular formula is C23H27F3N6O. The molecule has 1 atom stereocenters. The van der Waals surface area contributed by atoms with Crippen LogP contribution < -0.4 is 21.9 Å². The van der Waals surface area contributed by atoms with Crippen LogP contribution in [-0.2, 0) is 13.2 Å². The molecule has 3 heterocycles. The number of nitrogens with one attached hydrogen (secondary N) is 2. The van der Waals surface area contributed by atoms with E-state index in [1.165, 1.54) is 6.07 Å². The zero-order valence-corrected chi connectivity index (χ0v) is 18.8. The van der Waals surface area contributed by atoms with Gasteiger partial charge in [-0.3, -0.25) is 4.79 Å². The van der Waals surface area contributed by atoms with Crippen molar-refractivity contribution in [2.75, 3.05) is 24.1 Å². The van der Waals surface area contributed by atoms with Crippen molar-refractivity contribution in [3.8, 4) is 0 Å². The van der Waals surface area contributed by atoms with Crippen molar-refractivity contribution in [3.05, 3.63) is 57.3 Å². The Hall–Kier alpha value is -3.14. The maximum atomic E-state index is 13.3. The smallest absolute Gasteiger partial charge is 0.399 e. The van der Waals surface area contributed by atoms with Crippen LogP contribution in [0.4, 0.5) is 24.7 Å². The van der Waals surface area contributed by atoms with E-state index in [4.69, 9.17) is 5.73 Å². The summed E-state index contributed by atoms with van der Waals surface area (Å²) in [5.74, 6) is 1.03. The number of piperidine rings is 1. The minimum atomic E-state index is -4.50. The Morgan fingerprint density at radius 3 is 2.55 bits per heavy atom. The van der Waals surface area contributed by atoms with Gasteiger partial charge < -0.3 is 20.9 Å². The van der Waals surface area contributed by atoms with Gasteiger partial charge in [0.05, 0.1) is 17.0 Å². The fourth-order valence-electron chi connectivity index (χ4n) is 4.40. The van der Waals surface area contributed by atoms with Crippen molar-refractivity contribution in [2.24, 2.45) is 7.05 Å². The molecule has 0 saturated carbocycles. The summed E-state index contributed by atoms with van der Waals surface area (Å²) >= 11 is 0. The number of nitrogens with two attached hydrogens (primary N) is 1. The van der Waals surface area contributed by atoms with Gasteiger partial charge in [0.25, 0.3) is 5.56 Å². The summed E-state index contributed by atoms with van der Waals surface area (Å²) in [6, 6.07) is 4.88. The Morgan fingerprint density at radius 1 is 1.18 bits per heavy atom. The number of aromatic nitrogens is 3. The molecule has 0 spiro atoms. The predicted octanol–water partition coefficient (Wildman–Crippen LogP) is 3.88. The van der Waals surface area contributed by atoms with Crippen LogP contribution in [0.1, 0.15) is 54.4 Å². The molecule has 176 valence electrons. The number of aryl methyl sites for hydroxylation is 1. The highest BCUT2D eigenvalue weighted by molar-refractivity contribution is 5.89. The number of nitrogens with zero attached hydrogens (tertiary/aromatic N) is 3. The number of alkyl halides is 3. The molecule has 4 N–H and O–H groups in total. The van der Waals surface area contributed by atoms with E-state index in [1.54, 1.807) is 25.5 Å². The molecule has 33 heavy (non-hydrogen) atoms. The molecule has 3 aromatic rings. The Labute approximate surface area is 189 Å². The molecule has 1 saturated heterocycles. The number of anilines is 2. The molecule has 2 aromatic heterocycles. The lowest BCUT2D eigenvalue weighted by molar-refractivity contribution is -0.137. The second-order valence-electron chi connectivity index (χ2n) is 8.59. The number of nitrogen functional groups attached to an aromatic ring is 1. The Bertz CT molecular complexity index is 1250. The molecule has 0 unspecified atom stereocenters. The Balaban J connectivity index is 1.78. The summed E-state index contributed by atoms with van der Waals surface area (Å²) in [6.07, 6.45) is -2.68. The second kappa shape index (κ2) is 8.66. The van der Waals surface area contributed by atoms with Crippen molar-refractivity contribution in [2.45, 2.75) is 44.8 Å². The normalized spacial score (nSPS) is 16.2. The molecule has 0 bridgehead atoms. The minimum absolute atomic E-state index is 0.0271. The lowest BCUT2D eigenvalue weighted by Gasteiger charge is -2.25. The van der Waals surface area contributed by atoms with Gasteiger partial charge in [0.2, 0.25) is 0 Å². The molecule has 1 aliphatic rings. The maximum absolute atomic E-state index is 13.3. The average Bonchev–Trinajstić information content (AvgIpc) is 2.76. The SMILES string of the molecule is Cc1nc(N[C@H](C)c2cc(N)cc(C(F)(F)F)c2)c2cc(C3CCNCC3)n(C)c(=O)c2n1. The van der Waals surface area contributed by atoms with E-state index in [0.717, 1.165) is 43.8 Å². The Morgan fingerprint density at radius 2 is 1.88 bits per heavy atom. The number of hydrogen-bond acceptors (Lipinski definition) is 6. The largest absolute Gasteiger partial charge is 0.416 e. The van der Waals surface area contributed by atoms with E-state index >= 15 is 0 Å². The first kappa shape index (κ1) is 23.0. The molecule has 0 radical (unpaired) electrons. The maximum Gasteiger partial charge on any atom is 0.416 e. The van der Waals surface area contributed by atoms with Crippen molar-refractivity contribution in [3.63, 3.8) is 0 Å². The van der Waals surface area contributed by atoms with Gasteiger partial charge in [-0.2, -0.15) is 13.2 Å². The molecule has 0 aliphatic carbocycles.